The molecule has 9 heteroatoms. The highest BCUT2D eigenvalue weighted by Crippen LogP contribution is 2.34. The van der Waals surface area contributed by atoms with Crippen LogP contribution in [-0.4, -0.2) is 44.3 Å². The predicted molar refractivity (Wildman–Crippen MR) is 107 cm³/mol. The largest absolute Gasteiger partial charge is 0.454 e. The first-order chi connectivity index (χ1) is 14.5. The first kappa shape index (κ1) is 18.2. The van der Waals surface area contributed by atoms with Crippen LogP contribution in [0, 0.1) is 0 Å². The van der Waals surface area contributed by atoms with Gasteiger partial charge >= 0.3 is 0 Å². The van der Waals surface area contributed by atoms with Crippen molar-refractivity contribution in [1.29, 1.82) is 0 Å². The molecule has 0 bridgehead atoms. The molecule has 2 amide bonds. The third-order valence-electron chi connectivity index (χ3n) is 5.35. The van der Waals surface area contributed by atoms with Gasteiger partial charge in [0.05, 0.1) is 11.4 Å². The SMILES string of the molecule is C[C@H](C(=O)Nc1ccc2c(c1)OCO2)N1Cc2ccc(-c3ccnn3C)nc2C1=O. The van der Waals surface area contributed by atoms with Crippen LogP contribution in [0.3, 0.4) is 0 Å². The zero-order valence-corrected chi connectivity index (χ0v) is 16.5. The molecule has 30 heavy (non-hydrogen) atoms. The number of ether oxygens (including phenoxy) is 2. The van der Waals surface area contributed by atoms with Gasteiger partial charge in [-0.25, -0.2) is 4.98 Å². The molecule has 5 rings (SSSR count). The molecule has 1 aromatic carbocycles. The van der Waals surface area contributed by atoms with Crippen LogP contribution in [0.2, 0.25) is 0 Å². The lowest BCUT2D eigenvalue weighted by atomic mass is 10.2. The molecule has 2 aliphatic rings. The zero-order chi connectivity index (χ0) is 20.8. The summed E-state index contributed by atoms with van der Waals surface area (Å²) in [6.45, 7) is 2.20. The Balaban J connectivity index is 1.33. The minimum absolute atomic E-state index is 0.164. The maximum absolute atomic E-state index is 13.0. The molecule has 0 radical (unpaired) electrons. The lowest BCUT2D eigenvalue weighted by molar-refractivity contribution is -0.120. The molecule has 2 aliphatic heterocycles. The van der Waals surface area contributed by atoms with Gasteiger partial charge in [0, 0.05) is 37.1 Å². The number of aryl methyl sites for hydroxylation is 1. The Labute approximate surface area is 172 Å². The van der Waals surface area contributed by atoms with E-state index in [1.807, 2.05) is 25.2 Å². The van der Waals surface area contributed by atoms with Crippen LogP contribution in [0.1, 0.15) is 23.0 Å². The van der Waals surface area contributed by atoms with Crippen molar-refractivity contribution >= 4 is 17.5 Å². The van der Waals surface area contributed by atoms with Crippen LogP contribution in [0.5, 0.6) is 11.5 Å². The summed E-state index contributed by atoms with van der Waals surface area (Å²) in [7, 11) is 1.82. The number of anilines is 1. The second kappa shape index (κ2) is 6.87. The molecule has 0 fully saturated rings. The molecular formula is C21H19N5O4. The summed E-state index contributed by atoms with van der Waals surface area (Å²) in [4.78, 5) is 31.8. The smallest absolute Gasteiger partial charge is 0.273 e. The fourth-order valence-electron chi connectivity index (χ4n) is 3.64. The van der Waals surface area contributed by atoms with Crippen molar-refractivity contribution in [2.24, 2.45) is 7.05 Å². The first-order valence-electron chi connectivity index (χ1n) is 9.51. The van der Waals surface area contributed by atoms with Crippen LogP contribution in [0.4, 0.5) is 5.69 Å². The van der Waals surface area contributed by atoms with E-state index >= 15 is 0 Å². The van der Waals surface area contributed by atoms with Gasteiger partial charge in [0.1, 0.15) is 11.7 Å². The average Bonchev–Trinajstić information content (AvgIpc) is 3.46. The van der Waals surface area contributed by atoms with Crippen LogP contribution in [0.25, 0.3) is 11.4 Å². The van der Waals surface area contributed by atoms with Crippen molar-refractivity contribution in [2.45, 2.75) is 19.5 Å². The van der Waals surface area contributed by atoms with Gasteiger partial charge in [-0.3, -0.25) is 14.3 Å². The maximum atomic E-state index is 13.0. The van der Waals surface area contributed by atoms with Gasteiger partial charge in [-0.15, -0.1) is 0 Å². The van der Waals surface area contributed by atoms with E-state index < -0.39 is 6.04 Å². The molecule has 0 aliphatic carbocycles. The molecular weight excluding hydrogens is 386 g/mol. The molecule has 4 heterocycles. The number of hydrogen-bond donors (Lipinski definition) is 1. The van der Waals surface area contributed by atoms with Gasteiger partial charge < -0.3 is 19.7 Å². The zero-order valence-electron chi connectivity index (χ0n) is 16.5. The summed E-state index contributed by atoms with van der Waals surface area (Å²) in [5.41, 5.74) is 3.24. The van der Waals surface area contributed by atoms with E-state index in [0.717, 1.165) is 11.3 Å². The number of hydrogen-bond acceptors (Lipinski definition) is 6. The third kappa shape index (κ3) is 2.95. The van der Waals surface area contributed by atoms with Gasteiger partial charge in [-0.2, -0.15) is 5.10 Å². The van der Waals surface area contributed by atoms with Crippen LogP contribution in [0.15, 0.2) is 42.6 Å². The Morgan fingerprint density at radius 2 is 2.00 bits per heavy atom. The standard InChI is InChI=1S/C21H19N5O4/c1-12(20(27)23-14-4-6-17-18(9-14)30-11-29-17)26-10-13-3-5-15(24-19(13)21(26)28)16-7-8-22-25(16)2/h3-9,12H,10-11H2,1-2H3,(H,23,27)/t12-/m1/s1. The molecule has 0 spiro atoms. The quantitative estimate of drug-likeness (QED) is 0.715. The van der Waals surface area contributed by atoms with Crippen LogP contribution < -0.4 is 14.8 Å². The Kier molecular flexibility index (Phi) is 4.16. The van der Waals surface area contributed by atoms with Crippen molar-refractivity contribution in [2.75, 3.05) is 12.1 Å². The number of amides is 2. The molecule has 1 N–H and O–H groups in total. The topological polar surface area (TPSA) is 98.6 Å². The molecule has 9 nitrogen and oxygen atoms in total. The van der Waals surface area contributed by atoms with Crippen LogP contribution >= 0.6 is 0 Å². The number of aromatic nitrogens is 3. The summed E-state index contributed by atoms with van der Waals surface area (Å²) in [6.07, 6.45) is 1.68. The van der Waals surface area contributed by atoms with Crippen molar-refractivity contribution in [3.8, 4) is 22.9 Å². The fourth-order valence-corrected chi connectivity index (χ4v) is 3.64. The molecule has 152 valence electrons. The summed E-state index contributed by atoms with van der Waals surface area (Å²) in [6, 6.07) is 10.1. The van der Waals surface area contributed by atoms with Gasteiger partial charge in [-0.05, 0) is 31.2 Å². The highest BCUT2D eigenvalue weighted by molar-refractivity contribution is 6.02. The normalized spacial score (nSPS) is 15.3. The Morgan fingerprint density at radius 3 is 2.80 bits per heavy atom. The molecule has 0 saturated carbocycles. The second-order valence-electron chi connectivity index (χ2n) is 7.21. The average molecular weight is 405 g/mol. The number of nitrogens with one attached hydrogen (secondary N) is 1. The highest BCUT2D eigenvalue weighted by Gasteiger charge is 2.35. The van der Waals surface area contributed by atoms with Crippen molar-refractivity contribution in [3.63, 3.8) is 0 Å². The van der Waals surface area contributed by atoms with E-state index in [1.165, 1.54) is 4.90 Å². The van der Waals surface area contributed by atoms with E-state index in [4.69, 9.17) is 9.47 Å². The Bertz CT molecular complexity index is 1170. The predicted octanol–water partition coefficient (Wildman–Crippen LogP) is 2.19. The molecule has 0 saturated heterocycles. The van der Waals surface area contributed by atoms with E-state index in [2.05, 4.69) is 15.4 Å². The van der Waals surface area contributed by atoms with Gasteiger partial charge in [0.15, 0.2) is 11.5 Å². The molecule has 0 unspecified atom stereocenters. The number of rotatable bonds is 4. The third-order valence-corrected chi connectivity index (χ3v) is 5.35. The van der Waals surface area contributed by atoms with Gasteiger partial charge in [0.2, 0.25) is 12.7 Å². The van der Waals surface area contributed by atoms with Crippen molar-refractivity contribution < 1.29 is 19.1 Å². The highest BCUT2D eigenvalue weighted by atomic mass is 16.7. The Morgan fingerprint density at radius 1 is 1.17 bits per heavy atom. The van der Waals surface area contributed by atoms with Crippen LogP contribution in [-0.2, 0) is 18.4 Å². The van der Waals surface area contributed by atoms with E-state index in [1.54, 1.807) is 36.0 Å². The molecule has 2 aromatic heterocycles. The fraction of sp³-hybridized carbons (Fsp3) is 0.238. The minimum Gasteiger partial charge on any atom is -0.454 e. The van der Waals surface area contributed by atoms with Gasteiger partial charge in [0.25, 0.3) is 5.91 Å². The van der Waals surface area contributed by atoms with E-state index in [0.29, 0.717) is 35.1 Å². The Hall–Kier alpha value is -3.88. The lowest BCUT2D eigenvalue weighted by Crippen LogP contribution is -2.42. The van der Waals surface area contributed by atoms with Crippen molar-refractivity contribution in [3.05, 3.63) is 53.9 Å². The maximum Gasteiger partial charge on any atom is 0.273 e. The van der Waals surface area contributed by atoms with E-state index in [-0.39, 0.29) is 18.6 Å². The number of pyridine rings is 1. The summed E-state index contributed by atoms with van der Waals surface area (Å²) >= 11 is 0. The molecule has 1 atom stereocenters. The number of benzene rings is 1. The van der Waals surface area contributed by atoms with Gasteiger partial charge in [-0.1, -0.05) is 6.07 Å². The number of carbonyl (C=O) groups excluding carboxylic acids is 2. The van der Waals surface area contributed by atoms with Crippen molar-refractivity contribution in [1.82, 2.24) is 19.7 Å². The first-order valence-corrected chi connectivity index (χ1v) is 9.51. The molecule has 3 aromatic rings. The second-order valence-corrected chi connectivity index (χ2v) is 7.21. The number of carbonyl (C=O) groups is 2. The lowest BCUT2D eigenvalue weighted by Gasteiger charge is -2.23. The number of nitrogens with zero attached hydrogens (tertiary/aromatic N) is 4. The number of fused-ring (bicyclic) bond motifs is 2. The summed E-state index contributed by atoms with van der Waals surface area (Å²) < 4.78 is 12.3. The monoisotopic (exact) mass is 405 g/mol. The summed E-state index contributed by atoms with van der Waals surface area (Å²) in [5, 5.41) is 6.98. The summed E-state index contributed by atoms with van der Waals surface area (Å²) in [5.74, 6) is 0.669. The van der Waals surface area contributed by atoms with E-state index in [9.17, 15) is 9.59 Å². The minimum atomic E-state index is -0.669.